The summed E-state index contributed by atoms with van der Waals surface area (Å²) >= 11 is 12.4. The number of nitrogen functional groups attached to an aromatic ring is 1. The molecule has 2 aliphatic heterocycles. The Morgan fingerprint density at radius 2 is 2.00 bits per heavy atom. The van der Waals surface area contributed by atoms with E-state index in [0.29, 0.717) is 44.6 Å². The van der Waals surface area contributed by atoms with Gasteiger partial charge in [-0.2, -0.15) is 4.98 Å². The summed E-state index contributed by atoms with van der Waals surface area (Å²) in [7, 11) is 0. The zero-order chi connectivity index (χ0) is 21.5. The lowest BCUT2D eigenvalue weighted by atomic mass is 9.81. The van der Waals surface area contributed by atoms with Crippen molar-refractivity contribution in [1.29, 1.82) is 0 Å². The molecule has 3 aromatic rings. The van der Waals surface area contributed by atoms with Gasteiger partial charge in [0.05, 0.1) is 6.20 Å². The third kappa shape index (κ3) is 4.02. The minimum absolute atomic E-state index is 0.117. The van der Waals surface area contributed by atoms with Gasteiger partial charge < -0.3 is 16.0 Å². The summed E-state index contributed by atoms with van der Waals surface area (Å²) < 4.78 is 0. The van der Waals surface area contributed by atoms with Gasteiger partial charge in [0.25, 0.3) is 0 Å². The zero-order valence-electron chi connectivity index (χ0n) is 17.4. The number of benzene rings is 1. The van der Waals surface area contributed by atoms with Crippen molar-refractivity contribution in [1.82, 2.24) is 25.3 Å². The number of nitrogens with zero attached hydrogens (tertiary/aromatic N) is 5. The Kier molecular flexibility index (Phi) is 5.58. The lowest BCUT2D eigenvalue weighted by Gasteiger charge is -2.44. The lowest BCUT2D eigenvalue weighted by molar-refractivity contribution is 0.222. The van der Waals surface area contributed by atoms with Crippen molar-refractivity contribution in [3.8, 4) is 0 Å². The van der Waals surface area contributed by atoms with Gasteiger partial charge >= 0.3 is 0 Å². The van der Waals surface area contributed by atoms with E-state index in [0.717, 1.165) is 37.7 Å². The van der Waals surface area contributed by atoms with Crippen LogP contribution in [0.5, 0.6) is 0 Å². The fourth-order valence-electron chi connectivity index (χ4n) is 4.55. The summed E-state index contributed by atoms with van der Waals surface area (Å²) in [5, 5.41) is 4.69. The second-order valence-electron chi connectivity index (χ2n) is 8.53. The van der Waals surface area contributed by atoms with Gasteiger partial charge in [0.2, 0.25) is 5.95 Å². The van der Waals surface area contributed by atoms with Gasteiger partial charge in [0.1, 0.15) is 16.9 Å². The molecular weight excluding hydrogens is 433 g/mol. The highest BCUT2D eigenvalue weighted by Crippen LogP contribution is 2.33. The van der Waals surface area contributed by atoms with E-state index in [1.165, 1.54) is 12.8 Å². The van der Waals surface area contributed by atoms with Crippen molar-refractivity contribution in [2.45, 2.75) is 25.7 Å². The largest absolute Gasteiger partial charge is 0.382 e. The number of rotatable bonds is 4. The Morgan fingerprint density at radius 1 is 1.16 bits per heavy atom. The van der Waals surface area contributed by atoms with E-state index in [4.69, 9.17) is 33.9 Å². The van der Waals surface area contributed by atoms with E-state index in [1.54, 1.807) is 12.3 Å². The summed E-state index contributed by atoms with van der Waals surface area (Å²) in [6.45, 7) is 6.21. The number of aromatic nitrogens is 4. The van der Waals surface area contributed by atoms with Crippen molar-refractivity contribution in [3.63, 3.8) is 0 Å². The molecule has 2 atom stereocenters. The fourth-order valence-corrected chi connectivity index (χ4v) is 5.12. The van der Waals surface area contributed by atoms with Crippen molar-refractivity contribution >= 4 is 46.0 Å². The molecule has 0 radical (unpaired) electrons. The molecule has 2 aromatic heterocycles. The normalized spacial score (nSPS) is 20.6. The number of hydrogen-bond donors (Lipinski definition) is 2. The van der Waals surface area contributed by atoms with Gasteiger partial charge in [-0.05, 0) is 55.5 Å². The van der Waals surface area contributed by atoms with Crippen LogP contribution in [-0.4, -0.2) is 46.1 Å². The molecule has 2 fully saturated rings. The third-order valence-electron chi connectivity index (χ3n) is 6.48. The molecule has 0 aliphatic carbocycles. The summed E-state index contributed by atoms with van der Waals surface area (Å²) in [6, 6.07) is 5.44. The van der Waals surface area contributed by atoms with E-state index in [1.807, 2.05) is 19.1 Å². The highest BCUT2D eigenvalue weighted by molar-refractivity contribution is 6.35. The minimum atomic E-state index is -0.117. The zero-order valence-corrected chi connectivity index (χ0v) is 18.9. The van der Waals surface area contributed by atoms with Crippen LogP contribution in [-0.2, 0) is 0 Å². The lowest BCUT2D eigenvalue weighted by Crippen LogP contribution is -2.53. The molecule has 9 heteroatoms. The quantitative estimate of drug-likeness (QED) is 0.613. The molecule has 3 N–H and O–H groups in total. The van der Waals surface area contributed by atoms with Crippen molar-refractivity contribution in [3.05, 3.63) is 45.8 Å². The first-order valence-electron chi connectivity index (χ1n) is 10.7. The van der Waals surface area contributed by atoms with E-state index in [-0.39, 0.29) is 5.92 Å². The predicted molar refractivity (Wildman–Crippen MR) is 125 cm³/mol. The Bertz CT molecular complexity index is 1110. The van der Waals surface area contributed by atoms with Gasteiger partial charge in [-0.25, -0.2) is 15.0 Å². The number of nitrogens with two attached hydrogens (primary N) is 1. The highest BCUT2D eigenvalue weighted by Gasteiger charge is 2.35. The standard InChI is InChI=1S/C22H25Cl2N7/c1-12(16-5-4-15(23)7-17(16)24)21-27-9-18-19(29-21)20(25)30-22(28-18)31-10-14(11-31)13-3-2-6-26-8-13/h4-5,7,9,12-14,26H,2-3,6,8,10-11H2,1H3,(H2,25,28,30)/t12-,13?/m1/s1. The Labute approximate surface area is 191 Å². The second kappa shape index (κ2) is 8.37. The summed E-state index contributed by atoms with van der Waals surface area (Å²) in [6.07, 6.45) is 4.29. The van der Waals surface area contributed by atoms with Crippen LogP contribution >= 0.6 is 23.2 Å². The minimum Gasteiger partial charge on any atom is -0.382 e. The SMILES string of the molecule is C[C@@H](c1ncc2nc(N3CC(C4CCCNC4)C3)nc(N)c2n1)c1ccc(Cl)cc1Cl. The van der Waals surface area contributed by atoms with Gasteiger partial charge in [-0.15, -0.1) is 0 Å². The number of fused-ring (bicyclic) bond motifs is 1. The number of piperidine rings is 1. The monoisotopic (exact) mass is 457 g/mol. The molecule has 5 rings (SSSR count). The molecule has 4 heterocycles. The number of halogens is 2. The molecule has 0 saturated carbocycles. The van der Waals surface area contributed by atoms with Crippen LogP contribution in [0.25, 0.3) is 11.0 Å². The Hall–Kier alpha value is -2.22. The van der Waals surface area contributed by atoms with Crippen LogP contribution in [0.15, 0.2) is 24.4 Å². The molecule has 0 spiro atoms. The van der Waals surface area contributed by atoms with Crippen LogP contribution in [0, 0.1) is 11.8 Å². The predicted octanol–water partition coefficient (Wildman–Crippen LogP) is 3.90. The van der Waals surface area contributed by atoms with Gasteiger partial charge in [-0.1, -0.05) is 36.2 Å². The fraction of sp³-hybridized carbons (Fsp3) is 0.455. The van der Waals surface area contributed by atoms with Gasteiger partial charge in [0.15, 0.2) is 5.82 Å². The van der Waals surface area contributed by atoms with Crippen molar-refractivity contribution < 1.29 is 0 Å². The van der Waals surface area contributed by atoms with Crippen LogP contribution in [0.4, 0.5) is 11.8 Å². The topological polar surface area (TPSA) is 92.9 Å². The van der Waals surface area contributed by atoms with E-state index in [2.05, 4.69) is 25.2 Å². The van der Waals surface area contributed by atoms with Crippen LogP contribution in [0.3, 0.4) is 0 Å². The Morgan fingerprint density at radius 3 is 2.74 bits per heavy atom. The average molecular weight is 458 g/mol. The van der Waals surface area contributed by atoms with E-state index in [9.17, 15) is 0 Å². The van der Waals surface area contributed by atoms with Crippen LogP contribution in [0.2, 0.25) is 10.0 Å². The molecule has 2 saturated heterocycles. The van der Waals surface area contributed by atoms with Gasteiger partial charge in [0, 0.05) is 29.1 Å². The molecule has 162 valence electrons. The molecule has 1 unspecified atom stereocenters. The first-order valence-corrected chi connectivity index (χ1v) is 11.5. The molecular formula is C22H25Cl2N7. The second-order valence-corrected chi connectivity index (χ2v) is 9.37. The highest BCUT2D eigenvalue weighted by atomic mass is 35.5. The maximum absolute atomic E-state index is 6.37. The van der Waals surface area contributed by atoms with E-state index >= 15 is 0 Å². The number of hydrogen-bond acceptors (Lipinski definition) is 7. The first-order chi connectivity index (χ1) is 15.0. The summed E-state index contributed by atoms with van der Waals surface area (Å²) in [5.74, 6) is 2.98. The average Bonchev–Trinajstić information content (AvgIpc) is 2.73. The Balaban J connectivity index is 1.36. The first kappa shape index (κ1) is 20.7. The van der Waals surface area contributed by atoms with Crippen LogP contribution < -0.4 is 16.0 Å². The molecule has 0 amide bonds. The summed E-state index contributed by atoms with van der Waals surface area (Å²) in [4.78, 5) is 20.6. The molecule has 2 aliphatic rings. The number of anilines is 2. The van der Waals surface area contributed by atoms with Crippen molar-refractivity contribution in [2.24, 2.45) is 11.8 Å². The maximum Gasteiger partial charge on any atom is 0.228 e. The van der Waals surface area contributed by atoms with E-state index < -0.39 is 0 Å². The molecule has 31 heavy (non-hydrogen) atoms. The van der Waals surface area contributed by atoms with Crippen molar-refractivity contribution in [2.75, 3.05) is 36.8 Å². The summed E-state index contributed by atoms with van der Waals surface area (Å²) in [5.41, 5.74) is 8.42. The maximum atomic E-state index is 6.37. The van der Waals surface area contributed by atoms with Gasteiger partial charge in [-0.3, -0.25) is 0 Å². The van der Waals surface area contributed by atoms with Crippen LogP contribution in [0.1, 0.15) is 37.1 Å². The molecule has 7 nitrogen and oxygen atoms in total. The third-order valence-corrected chi connectivity index (χ3v) is 7.04. The number of nitrogens with one attached hydrogen (secondary N) is 1. The smallest absolute Gasteiger partial charge is 0.228 e. The molecule has 1 aromatic carbocycles. The molecule has 0 bridgehead atoms.